The largest absolute Gasteiger partial charge is 0.495 e. The van der Waals surface area contributed by atoms with E-state index in [9.17, 15) is 0 Å². The van der Waals surface area contributed by atoms with Gasteiger partial charge in [0.05, 0.1) is 12.8 Å². The van der Waals surface area contributed by atoms with Crippen LogP contribution in [0.3, 0.4) is 0 Å². The van der Waals surface area contributed by atoms with Crippen LogP contribution < -0.4 is 24.8 Å². The highest BCUT2D eigenvalue weighted by atomic mass is 16.6. The van der Waals surface area contributed by atoms with Crippen molar-refractivity contribution >= 4 is 23.0 Å². The standard InChI is InChI=1S/C21H22N4O3/c1-13-4-6-17(26-3)16(10-13)25-21-12-20(22-14(2)23-21)24-15-5-7-18-19(11-15)28-9-8-27-18/h4-7,10-12H,8-9H2,1-3H3,(H2,22,23,24,25). The summed E-state index contributed by atoms with van der Waals surface area (Å²) in [5, 5.41) is 6.62. The summed E-state index contributed by atoms with van der Waals surface area (Å²) in [7, 11) is 1.65. The molecule has 1 aromatic heterocycles. The van der Waals surface area contributed by atoms with Gasteiger partial charge in [0.1, 0.15) is 36.4 Å². The summed E-state index contributed by atoms with van der Waals surface area (Å²) in [6.45, 7) is 5.01. The lowest BCUT2D eigenvalue weighted by Crippen LogP contribution is -2.15. The van der Waals surface area contributed by atoms with Gasteiger partial charge >= 0.3 is 0 Å². The lowest BCUT2D eigenvalue weighted by atomic mass is 10.2. The molecule has 0 unspecified atom stereocenters. The van der Waals surface area contributed by atoms with E-state index in [2.05, 4.69) is 20.6 Å². The Bertz CT molecular complexity index is 1010. The second-order valence-electron chi connectivity index (χ2n) is 6.50. The van der Waals surface area contributed by atoms with Gasteiger partial charge in [-0.15, -0.1) is 0 Å². The fourth-order valence-corrected chi connectivity index (χ4v) is 3.02. The Kier molecular flexibility index (Phi) is 4.89. The highest BCUT2D eigenvalue weighted by Crippen LogP contribution is 2.34. The van der Waals surface area contributed by atoms with Crippen molar-refractivity contribution in [2.75, 3.05) is 31.0 Å². The zero-order chi connectivity index (χ0) is 19.5. The average molecular weight is 378 g/mol. The number of aryl methyl sites for hydroxylation is 2. The predicted octanol–water partition coefficient (Wildman–Crippen LogP) is 4.36. The van der Waals surface area contributed by atoms with Crippen LogP contribution in [0.5, 0.6) is 17.2 Å². The Labute approximate surface area is 163 Å². The summed E-state index contributed by atoms with van der Waals surface area (Å²) in [5.74, 6) is 4.24. The van der Waals surface area contributed by atoms with E-state index >= 15 is 0 Å². The van der Waals surface area contributed by atoms with Gasteiger partial charge in [0, 0.05) is 17.8 Å². The first-order chi connectivity index (χ1) is 13.6. The lowest BCUT2D eigenvalue weighted by Gasteiger charge is -2.19. The zero-order valence-electron chi connectivity index (χ0n) is 16.1. The fraction of sp³-hybridized carbons (Fsp3) is 0.238. The minimum Gasteiger partial charge on any atom is -0.495 e. The maximum Gasteiger partial charge on any atom is 0.163 e. The van der Waals surface area contributed by atoms with Gasteiger partial charge in [0.25, 0.3) is 0 Å². The third-order valence-corrected chi connectivity index (χ3v) is 4.27. The molecule has 7 nitrogen and oxygen atoms in total. The predicted molar refractivity (Wildman–Crippen MR) is 108 cm³/mol. The van der Waals surface area contributed by atoms with E-state index in [0.29, 0.717) is 30.7 Å². The van der Waals surface area contributed by atoms with E-state index in [1.165, 1.54) is 0 Å². The van der Waals surface area contributed by atoms with Crippen molar-refractivity contribution in [2.24, 2.45) is 0 Å². The van der Waals surface area contributed by atoms with Gasteiger partial charge in [-0.3, -0.25) is 0 Å². The molecule has 0 saturated heterocycles. The number of hydrogen-bond donors (Lipinski definition) is 2. The highest BCUT2D eigenvalue weighted by Gasteiger charge is 2.13. The Morgan fingerprint density at radius 2 is 1.61 bits per heavy atom. The van der Waals surface area contributed by atoms with Crippen LogP contribution in [0, 0.1) is 13.8 Å². The number of nitrogens with one attached hydrogen (secondary N) is 2. The minimum atomic E-state index is 0.551. The van der Waals surface area contributed by atoms with Crippen molar-refractivity contribution in [3.05, 3.63) is 53.9 Å². The molecule has 2 heterocycles. The molecule has 0 spiro atoms. The van der Waals surface area contributed by atoms with Crippen molar-refractivity contribution in [2.45, 2.75) is 13.8 Å². The van der Waals surface area contributed by atoms with E-state index in [4.69, 9.17) is 14.2 Å². The average Bonchev–Trinajstić information content (AvgIpc) is 2.68. The zero-order valence-corrected chi connectivity index (χ0v) is 16.1. The molecule has 28 heavy (non-hydrogen) atoms. The van der Waals surface area contributed by atoms with Crippen LogP contribution in [0.4, 0.5) is 23.0 Å². The number of methoxy groups -OCH3 is 1. The van der Waals surface area contributed by atoms with Gasteiger partial charge in [0.2, 0.25) is 0 Å². The molecule has 2 N–H and O–H groups in total. The molecule has 2 aromatic carbocycles. The number of hydrogen-bond acceptors (Lipinski definition) is 7. The first kappa shape index (κ1) is 17.9. The van der Waals surface area contributed by atoms with Gasteiger partial charge in [-0.2, -0.15) is 0 Å². The third-order valence-electron chi connectivity index (χ3n) is 4.27. The molecular formula is C21H22N4O3. The number of ether oxygens (including phenoxy) is 3. The molecule has 0 radical (unpaired) electrons. The fourth-order valence-electron chi connectivity index (χ4n) is 3.02. The van der Waals surface area contributed by atoms with E-state index in [-0.39, 0.29) is 0 Å². The molecule has 7 heteroatoms. The normalized spacial score (nSPS) is 12.4. The van der Waals surface area contributed by atoms with Crippen molar-refractivity contribution in [3.8, 4) is 17.2 Å². The van der Waals surface area contributed by atoms with Gasteiger partial charge < -0.3 is 24.8 Å². The van der Waals surface area contributed by atoms with Crippen LogP contribution in [0.15, 0.2) is 42.5 Å². The number of anilines is 4. The number of nitrogens with zero attached hydrogens (tertiary/aromatic N) is 2. The van der Waals surface area contributed by atoms with Crippen LogP contribution >= 0.6 is 0 Å². The second kappa shape index (κ2) is 7.64. The number of benzene rings is 2. The van der Waals surface area contributed by atoms with Crippen molar-refractivity contribution in [1.82, 2.24) is 9.97 Å². The quantitative estimate of drug-likeness (QED) is 0.683. The van der Waals surface area contributed by atoms with Crippen LogP contribution in [0.25, 0.3) is 0 Å². The smallest absolute Gasteiger partial charge is 0.163 e. The van der Waals surface area contributed by atoms with Gasteiger partial charge in [-0.05, 0) is 43.7 Å². The summed E-state index contributed by atoms with van der Waals surface area (Å²) in [6, 6.07) is 13.5. The van der Waals surface area contributed by atoms with E-state index in [1.54, 1.807) is 7.11 Å². The molecular weight excluding hydrogens is 356 g/mol. The number of fused-ring (bicyclic) bond motifs is 1. The van der Waals surface area contributed by atoms with Crippen molar-refractivity contribution < 1.29 is 14.2 Å². The van der Waals surface area contributed by atoms with Crippen LogP contribution in [0.1, 0.15) is 11.4 Å². The molecule has 0 fully saturated rings. The summed E-state index contributed by atoms with van der Waals surface area (Å²) >= 11 is 0. The molecule has 0 saturated carbocycles. The summed E-state index contributed by atoms with van der Waals surface area (Å²) < 4.78 is 16.6. The van der Waals surface area contributed by atoms with Crippen LogP contribution in [-0.2, 0) is 0 Å². The summed E-state index contributed by atoms with van der Waals surface area (Å²) in [4.78, 5) is 8.96. The Morgan fingerprint density at radius 3 is 2.39 bits per heavy atom. The Hall–Kier alpha value is -3.48. The Morgan fingerprint density at radius 1 is 0.857 bits per heavy atom. The third kappa shape index (κ3) is 3.93. The molecule has 0 amide bonds. The van der Waals surface area contributed by atoms with Gasteiger partial charge in [-0.1, -0.05) is 6.07 Å². The molecule has 0 atom stereocenters. The first-order valence-electron chi connectivity index (χ1n) is 9.05. The van der Waals surface area contributed by atoms with E-state index in [0.717, 1.165) is 34.2 Å². The first-order valence-corrected chi connectivity index (χ1v) is 9.05. The number of rotatable bonds is 5. The minimum absolute atomic E-state index is 0.551. The molecule has 0 bridgehead atoms. The molecule has 0 aliphatic carbocycles. The monoisotopic (exact) mass is 378 g/mol. The SMILES string of the molecule is COc1ccc(C)cc1Nc1cc(Nc2ccc3c(c2)OCCO3)nc(C)n1. The molecule has 3 aromatic rings. The molecule has 1 aliphatic heterocycles. The molecule has 1 aliphatic rings. The Balaban J connectivity index is 1.58. The van der Waals surface area contributed by atoms with Gasteiger partial charge in [0.15, 0.2) is 11.5 Å². The molecule has 144 valence electrons. The summed E-state index contributed by atoms with van der Waals surface area (Å²) in [5.41, 5.74) is 2.84. The number of aromatic nitrogens is 2. The van der Waals surface area contributed by atoms with E-state index < -0.39 is 0 Å². The van der Waals surface area contributed by atoms with Crippen molar-refractivity contribution in [3.63, 3.8) is 0 Å². The molecule has 4 rings (SSSR count). The maximum absolute atomic E-state index is 5.64. The van der Waals surface area contributed by atoms with Gasteiger partial charge in [-0.25, -0.2) is 9.97 Å². The summed E-state index contributed by atoms with van der Waals surface area (Å²) in [6.07, 6.45) is 0. The lowest BCUT2D eigenvalue weighted by molar-refractivity contribution is 0.171. The highest BCUT2D eigenvalue weighted by molar-refractivity contribution is 5.68. The maximum atomic E-state index is 5.64. The van der Waals surface area contributed by atoms with E-state index in [1.807, 2.05) is 56.3 Å². The topological polar surface area (TPSA) is 77.5 Å². The van der Waals surface area contributed by atoms with Crippen LogP contribution in [0.2, 0.25) is 0 Å². The van der Waals surface area contributed by atoms with Crippen molar-refractivity contribution in [1.29, 1.82) is 0 Å². The van der Waals surface area contributed by atoms with Crippen LogP contribution in [-0.4, -0.2) is 30.3 Å². The second-order valence-corrected chi connectivity index (χ2v) is 6.50.